The maximum Gasteiger partial charge on any atom is 0.232 e. The predicted octanol–water partition coefficient (Wildman–Crippen LogP) is 4.17. The highest BCUT2D eigenvalue weighted by molar-refractivity contribution is 5.79. The van der Waals surface area contributed by atoms with Crippen molar-refractivity contribution >= 4 is 5.91 Å². The minimum absolute atomic E-state index is 0.0262. The van der Waals surface area contributed by atoms with Crippen molar-refractivity contribution in [2.75, 3.05) is 13.1 Å². The number of aryl methyl sites for hydroxylation is 2. The number of aromatic nitrogens is 2. The first-order valence-corrected chi connectivity index (χ1v) is 9.88. The van der Waals surface area contributed by atoms with Crippen LogP contribution in [0.3, 0.4) is 0 Å². The van der Waals surface area contributed by atoms with Crippen molar-refractivity contribution in [1.29, 1.82) is 0 Å². The molecule has 0 N–H and O–H groups in total. The number of carbonyl (C=O) groups is 1. The average molecular weight is 375 g/mol. The van der Waals surface area contributed by atoms with Gasteiger partial charge in [0.25, 0.3) is 0 Å². The van der Waals surface area contributed by atoms with Gasteiger partial charge in [0.05, 0.1) is 5.92 Å². The van der Waals surface area contributed by atoms with Gasteiger partial charge in [-0.15, -0.1) is 0 Å². The molecule has 5 heteroatoms. The quantitative estimate of drug-likeness (QED) is 0.649. The average Bonchev–Trinajstić information content (AvgIpc) is 3.35. The molecule has 0 saturated carbocycles. The molecule has 1 saturated heterocycles. The summed E-state index contributed by atoms with van der Waals surface area (Å²) in [6, 6.07) is 16.7. The Hall–Kier alpha value is -2.95. The van der Waals surface area contributed by atoms with Crippen molar-refractivity contribution in [2.24, 2.45) is 0 Å². The Balaban J connectivity index is 1.39. The molecule has 144 valence electrons. The van der Waals surface area contributed by atoms with Crippen LogP contribution in [0, 0.1) is 6.92 Å². The predicted molar refractivity (Wildman–Crippen MR) is 108 cm³/mol. The van der Waals surface area contributed by atoms with Gasteiger partial charge in [-0.2, -0.15) is 4.98 Å². The molecule has 1 atom stereocenters. The van der Waals surface area contributed by atoms with Gasteiger partial charge in [-0.1, -0.05) is 66.2 Å². The van der Waals surface area contributed by atoms with E-state index in [1.165, 1.54) is 16.7 Å². The molecule has 1 aliphatic heterocycles. The third-order valence-electron chi connectivity index (χ3n) is 5.42. The van der Waals surface area contributed by atoms with E-state index in [0.29, 0.717) is 24.7 Å². The lowest BCUT2D eigenvalue weighted by atomic mass is 10.1. The number of likely N-dealkylation sites (tertiary alicyclic amines) is 1. The van der Waals surface area contributed by atoms with Gasteiger partial charge in [-0.3, -0.25) is 4.79 Å². The zero-order chi connectivity index (χ0) is 19.5. The molecule has 3 aromatic rings. The van der Waals surface area contributed by atoms with E-state index in [1.54, 1.807) is 0 Å². The Morgan fingerprint density at radius 1 is 1.07 bits per heavy atom. The molecule has 1 amide bonds. The van der Waals surface area contributed by atoms with Gasteiger partial charge in [0.2, 0.25) is 17.6 Å². The Labute approximate surface area is 165 Å². The second-order valence-electron chi connectivity index (χ2n) is 7.48. The summed E-state index contributed by atoms with van der Waals surface area (Å²) in [5, 5.41) is 4.12. The van der Waals surface area contributed by atoms with Gasteiger partial charge in [-0.25, -0.2) is 0 Å². The summed E-state index contributed by atoms with van der Waals surface area (Å²) < 4.78 is 5.49. The molecule has 2 heterocycles. The molecule has 4 rings (SSSR count). The highest BCUT2D eigenvalue weighted by Gasteiger charge is 2.34. The monoisotopic (exact) mass is 375 g/mol. The lowest BCUT2D eigenvalue weighted by molar-refractivity contribution is -0.127. The van der Waals surface area contributed by atoms with Gasteiger partial charge in [-0.05, 0) is 30.9 Å². The molecule has 1 unspecified atom stereocenters. The normalized spacial score (nSPS) is 16.7. The van der Waals surface area contributed by atoms with Crippen LogP contribution in [0.2, 0.25) is 0 Å². The smallest absolute Gasteiger partial charge is 0.232 e. The number of hydrogen-bond acceptors (Lipinski definition) is 4. The number of nitrogens with zero attached hydrogens (tertiary/aromatic N) is 3. The molecule has 1 aromatic heterocycles. The van der Waals surface area contributed by atoms with Gasteiger partial charge >= 0.3 is 0 Å². The lowest BCUT2D eigenvalue weighted by Gasteiger charge is -2.15. The van der Waals surface area contributed by atoms with Crippen LogP contribution in [-0.4, -0.2) is 34.0 Å². The minimum Gasteiger partial charge on any atom is -0.342 e. The first-order valence-electron chi connectivity index (χ1n) is 9.88. The summed E-state index contributed by atoms with van der Waals surface area (Å²) in [5.41, 5.74) is 4.71. The van der Waals surface area contributed by atoms with Crippen molar-refractivity contribution in [2.45, 2.75) is 39.0 Å². The number of benzene rings is 2. The van der Waals surface area contributed by atoms with Crippen LogP contribution in [0.1, 0.15) is 41.8 Å². The fourth-order valence-electron chi connectivity index (χ4n) is 3.58. The van der Waals surface area contributed by atoms with Crippen LogP contribution in [0.4, 0.5) is 0 Å². The fraction of sp³-hybridized carbons (Fsp3) is 0.348. The summed E-state index contributed by atoms with van der Waals surface area (Å²) in [6.45, 7) is 5.57. The van der Waals surface area contributed by atoms with Crippen LogP contribution in [0.15, 0.2) is 53.1 Å². The molecular weight excluding hydrogens is 350 g/mol. The SMILES string of the molecule is CCc1ccc(-c2noc(C3CC(=O)N(CCc4ccc(C)cc4)C3)n2)cc1. The second kappa shape index (κ2) is 7.97. The number of hydrogen-bond donors (Lipinski definition) is 0. The molecule has 0 radical (unpaired) electrons. The van der Waals surface area contributed by atoms with E-state index in [1.807, 2.05) is 17.0 Å². The van der Waals surface area contributed by atoms with Gasteiger partial charge < -0.3 is 9.42 Å². The van der Waals surface area contributed by atoms with E-state index in [9.17, 15) is 4.79 Å². The fourth-order valence-corrected chi connectivity index (χ4v) is 3.58. The summed E-state index contributed by atoms with van der Waals surface area (Å²) in [4.78, 5) is 18.9. The topological polar surface area (TPSA) is 59.2 Å². The van der Waals surface area contributed by atoms with Gasteiger partial charge in [0.1, 0.15) is 0 Å². The minimum atomic E-state index is -0.0262. The molecule has 1 aliphatic rings. The van der Waals surface area contributed by atoms with E-state index < -0.39 is 0 Å². The van der Waals surface area contributed by atoms with Crippen LogP contribution in [-0.2, 0) is 17.6 Å². The Morgan fingerprint density at radius 3 is 2.50 bits per heavy atom. The first kappa shape index (κ1) is 18.4. The highest BCUT2D eigenvalue weighted by Crippen LogP contribution is 2.29. The molecule has 28 heavy (non-hydrogen) atoms. The Kier molecular flexibility index (Phi) is 5.24. The summed E-state index contributed by atoms with van der Waals surface area (Å²) in [6.07, 6.45) is 2.29. The van der Waals surface area contributed by atoms with Crippen LogP contribution in [0.5, 0.6) is 0 Å². The van der Waals surface area contributed by atoms with Crippen molar-refractivity contribution in [3.8, 4) is 11.4 Å². The van der Waals surface area contributed by atoms with Gasteiger partial charge in [0, 0.05) is 25.1 Å². The summed E-state index contributed by atoms with van der Waals surface area (Å²) in [7, 11) is 0. The van der Waals surface area contributed by atoms with Crippen molar-refractivity contribution in [1.82, 2.24) is 15.0 Å². The zero-order valence-corrected chi connectivity index (χ0v) is 16.4. The van der Waals surface area contributed by atoms with Crippen molar-refractivity contribution < 1.29 is 9.32 Å². The van der Waals surface area contributed by atoms with E-state index in [-0.39, 0.29) is 11.8 Å². The third-order valence-corrected chi connectivity index (χ3v) is 5.42. The van der Waals surface area contributed by atoms with E-state index in [0.717, 1.165) is 24.9 Å². The summed E-state index contributed by atoms with van der Waals surface area (Å²) in [5.74, 6) is 1.27. The zero-order valence-electron chi connectivity index (χ0n) is 16.4. The number of amides is 1. The molecule has 0 spiro atoms. The van der Waals surface area contributed by atoms with Crippen LogP contribution in [0.25, 0.3) is 11.4 Å². The third kappa shape index (κ3) is 3.98. The van der Waals surface area contributed by atoms with E-state index >= 15 is 0 Å². The second-order valence-corrected chi connectivity index (χ2v) is 7.48. The first-order chi connectivity index (χ1) is 13.6. The number of carbonyl (C=O) groups excluding carboxylic acids is 1. The standard InChI is InChI=1S/C23H25N3O2/c1-3-17-8-10-19(11-9-17)22-24-23(28-25-22)20-14-21(27)26(15-20)13-12-18-6-4-16(2)5-7-18/h4-11,20H,3,12-15H2,1-2H3. The Morgan fingerprint density at radius 2 is 1.79 bits per heavy atom. The maximum atomic E-state index is 12.4. The largest absolute Gasteiger partial charge is 0.342 e. The van der Waals surface area contributed by atoms with Crippen molar-refractivity contribution in [3.05, 3.63) is 71.1 Å². The molecule has 1 fully saturated rings. The highest BCUT2D eigenvalue weighted by atomic mass is 16.5. The summed E-state index contributed by atoms with van der Waals surface area (Å²) >= 11 is 0. The van der Waals surface area contributed by atoms with E-state index in [2.05, 4.69) is 60.4 Å². The van der Waals surface area contributed by atoms with Crippen molar-refractivity contribution in [3.63, 3.8) is 0 Å². The number of rotatable bonds is 6. The van der Waals surface area contributed by atoms with E-state index in [4.69, 9.17) is 4.52 Å². The maximum absolute atomic E-state index is 12.4. The molecule has 0 bridgehead atoms. The molecule has 0 aliphatic carbocycles. The molecule has 5 nitrogen and oxygen atoms in total. The lowest BCUT2D eigenvalue weighted by Crippen LogP contribution is -2.27. The van der Waals surface area contributed by atoms with Crippen LogP contribution >= 0.6 is 0 Å². The molecule has 2 aromatic carbocycles. The molecular formula is C23H25N3O2. The van der Waals surface area contributed by atoms with Gasteiger partial charge in [0.15, 0.2) is 0 Å². The Bertz CT molecular complexity index is 945. The van der Waals surface area contributed by atoms with Crippen LogP contribution < -0.4 is 0 Å².